The Bertz CT molecular complexity index is 1010. The van der Waals surface area contributed by atoms with Crippen LogP contribution in [0.15, 0.2) is 29.2 Å². The van der Waals surface area contributed by atoms with E-state index in [9.17, 15) is 8.78 Å². The fourth-order valence-electron chi connectivity index (χ4n) is 2.99. The average molecular weight is 539 g/mol. The molecular formula is C17H15ClF2IN4PS. The number of thioether (sulfide) groups is 1. The molecule has 3 aromatic rings. The van der Waals surface area contributed by atoms with E-state index < -0.39 is 6.43 Å². The van der Waals surface area contributed by atoms with E-state index in [4.69, 9.17) is 11.6 Å². The van der Waals surface area contributed by atoms with Gasteiger partial charge in [-0.05, 0) is 64.8 Å². The molecule has 0 amide bonds. The molecule has 4 nitrogen and oxygen atoms in total. The number of hydrogen-bond acceptors (Lipinski definition) is 4. The van der Waals surface area contributed by atoms with Crippen LogP contribution >= 0.6 is 51.8 Å². The van der Waals surface area contributed by atoms with Crippen LogP contribution in [0, 0.1) is 0 Å². The van der Waals surface area contributed by atoms with Gasteiger partial charge in [0.15, 0.2) is 11.5 Å². The Morgan fingerprint density at radius 1 is 1.30 bits per heavy atom. The molecule has 0 spiro atoms. The van der Waals surface area contributed by atoms with Crippen LogP contribution in [-0.4, -0.2) is 20.6 Å². The summed E-state index contributed by atoms with van der Waals surface area (Å²) < 4.78 is 28.2. The van der Waals surface area contributed by atoms with Crippen molar-refractivity contribution in [2.75, 3.05) is 11.6 Å². The molecule has 0 aliphatic heterocycles. The summed E-state index contributed by atoms with van der Waals surface area (Å²) in [5.41, 5.74) is 3.60. The molecule has 142 valence electrons. The highest BCUT2D eigenvalue weighted by molar-refractivity contribution is 14.2. The second kappa shape index (κ2) is 7.97. The lowest BCUT2D eigenvalue weighted by Crippen LogP contribution is -1.96. The van der Waals surface area contributed by atoms with Gasteiger partial charge < -0.3 is 5.32 Å². The smallest absolute Gasteiger partial charge is 0.295 e. The van der Waals surface area contributed by atoms with Gasteiger partial charge in [-0.25, -0.2) is 18.7 Å². The molecule has 1 N–H and O–H groups in total. The van der Waals surface area contributed by atoms with Gasteiger partial charge >= 0.3 is 0 Å². The van der Waals surface area contributed by atoms with E-state index in [1.807, 2.05) is 34.4 Å². The van der Waals surface area contributed by atoms with Gasteiger partial charge in [0.25, 0.3) is 6.43 Å². The predicted octanol–water partition coefficient (Wildman–Crippen LogP) is 7.16. The summed E-state index contributed by atoms with van der Waals surface area (Å²) in [7, 11) is 0. The van der Waals surface area contributed by atoms with Gasteiger partial charge in [-0.3, -0.25) is 4.34 Å². The molecule has 0 radical (unpaired) electrons. The average Bonchev–Trinajstić information content (AvgIpc) is 3.42. The Hall–Kier alpha value is -0.700. The summed E-state index contributed by atoms with van der Waals surface area (Å²) in [4.78, 5) is 9.49. The standard InChI is InChI=1S/C17H15ClF2IN4PS/c1-27-12-6-9(8-2-3-8)4-5-10(12)22-11-7-13(18)23-16-14(11)24-17(15(19)20)25(16)26-21/h4-8,15,26H,2-3H2,1H3,(H,22,23). The molecule has 0 saturated heterocycles. The fraction of sp³-hybridized carbons (Fsp3) is 0.294. The number of fused-ring (bicyclic) bond motifs is 1. The van der Waals surface area contributed by atoms with Crippen molar-refractivity contribution in [2.45, 2.75) is 30.1 Å². The van der Waals surface area contributed by atoms with Crippen molar-refractivity contribution in [3.05, 3.63) is 40.8 Å². The maximum absolute atomic E-state index is 13.4. The Labute approximate surface area is 179 Å². The third-order valence-electron chi connectivity index (χ3n) is 4.43. The van der Waals surface area contributed by atoms with Crippen molar-refractivity contribution in [3.8, 4) is 0 Å². The molecule has 1 fully saturated rings. The molecule has 1 aromatic carbocycles. The minimum Gasteiger partial charge on any atom is -0.353 e. The van der Waals surface area contributed by atoms with Crippen molar-refractivity contribution in [1.82, 2.24) is 14.3 Å². The first kappa shape index (κ1) is 19.6. The van der Waals surface area contributed by atoms with Gasteiger partial charge in [-0.2, -0.15) is 0 Å². The zero-order valence-corrected chi connectivity index (χ0v) is 18.9. The molecule has 1 atom stereocenters. The summed E-state index contributed by atoms with van der Waals surface area (Å²) >= 11 is 9.86. The zero-order chi connectivity index (χ0) is 19.1. The predicted molar refractivity (Wildman–Crippen MR) is 119 cm³/mol. The number of alkyl halides is 2. The first-order chi connectivity index (χ1) is 13.0. The van der Waals surface area contributed by atoms with Crippen LogP contribution < -0.4 is 5.32 Å². The number of rotatable bonds is 6. The van der Waals surface area contributed by atoms with Crippen molar-refractivity contribution < 1.29 is 8.78 Å². The SMILES string of the molecule is CSc1cc(C2CC2)ccc1Nc1cc(Cl)nc2c1nc(C(F)F)n2PI. The molecule has 10 heteroatoms. The normalized spacial score (nSPS) is 14.7. The molecule has 1 aliphatic rings. The van der Waals surface area contributed by atoms with Crippen LogP contribution in [0.2, 0.25) is 5.15 Å². The maximum Gasteiger partial charge on any atom is 0.295 e. The molecule has 0 bridgehead atoms. The number of anilines is 2. The Morgan fingerprint density at radius 3 is 2.70 bits per heavy atom. The lowest BCUT2D eigenvalue weighted by atomic mass is 10.1. The van der Waals surface area contributed by atoms with Crippen LogP contribution in [0.3, 0.4) is 0 Å². The fourth-order valence-corrected chi connectivity index (χ4v) is 5.66. The number of nitrogens with zero attached hydrogens (tertiary/aromatic N) is 3. The topological polar surface area (TPSA) is 42.7 Å². The molecule has 1 unspecified atom stereocenters. The summed E-state index contributed by atoms with van der Waals surface area (Å²) in [6.45, 7) is 0. The van der Waals surface area contributed by atoms with Gasteiger partial charge in [0.05, 0.1) is 17.7 Å². The van der Waals surface area contributed by atoms with E-state index in [1.54, 1.807) is 17.8 Å². The summed E-state index contributed by atoms with van der Waals surface area (Å²) in [5.74, 6) is 0.380. The number of benzene rings is 1. The van der Waals surface area contributed by atoms with Gasteiger partial charge in [0, 0.05) is 11.0 Å². The zero-order valence-electron chi connectivity index (χ0n) is 14.1. The highest BCUT2D eigenvalue weighted by Gasteiger charge is 2.25. The summed E-state index contributed by atoms with van der Waals surface area (Å²) in [5, 5.41) is 3.57. The summed E-state index contributed by atoms with van der Waals surface area (Å²) in [6, 6.07) is 7.98. The number of halogens is 4. The highest BCUT2D eigenvalue weighted by Crippen LogP contribution is 2.43. The van der Waals surface area contributed by atoms with Gasteiger partial charge in [-0.1, -0.05) is 17.7 Å². The number of hydrogen-bond donors (Lipinski definition) is 1. The first-order valence-electron chi connectivity index (χ1n) is 8.20. The Morgan fingerprint density at radius 2 is 2.07 bits per heavy atom. The van der Waals surface area contributed by atoms with Crippen LogP contribution in [0.4, 0.5) is 20.2 Å². The van der Waals surface area contributed by atoms with Crippen molar-refractivity contribution in [1.29, 1.82) is 0 Å². The molecule has 1 saturated carbocycles. The van der Waals surface area contributed by atoms with E-state index in [1.165, 1.54) is 22.7 Å². The van der Waals surface area contributed by atoms with Crippen LogP contribution in [0.25, 0.3) is 11.2 Å². The third-order valence-corrected chi connectivity index (χ3v) is 7.46. The molecule has 2 heterocycles. The summed E-state index contributed by atoms with van der Waals surface area (Å²) in [6.07, 6.45) is 1.88. The van der Waals surface area contributed by atoms with Crippen molar-refractivity contribution in [3.63, 3.8) is 0 Å². The molecule has 27 heavy (non-hydrogen) atoms. The van der Waals surface area contributed by atoms with Gasteiger partial charge in [0.1, 0.15) is 10.7 Å². The lowest BCUT2D eigenvalue weighted by molar-refractivity contribution is 0.140. The number of nitrogens with one attached hydrogen (secondary N) is 1. The van der Waals surface area contributed by atoms with Crippen molar-refractivity contribution in [2.24, 2.45) is 0 Å². The van der Waals surface area contributed by atoms with Gasteiger partial charge in [-0.15, -0.1) is 11.8 Å². The van der Waals surface area contributed by atoms with Crippen LogP contribution in [0.5, 0.6) is 0 Å². The Kier molecular flexibility index (Phi) is 5.79. The van der Waals surface area contributed by atoms with E-state index in [-0.39, 0.29) is 17.4 Å². The molecular weight excluding hydrogens is 524 g/mol. The van der Waals surface area contributed by atoms with Crippen molar-refractivity contribution >= 4 is 74.3 Å². The number of pyridine rings is 1. The lowest BCUT2D eigenvalue weighted by Gasteiger charge is -2.13. The van der Waals surface area contributed by atoms with E-state index >= 15 is 0 Å². The van der Waals surface area contributed by atoms with E-state index in [0.717, 1.165) is 10.6 Å². The largest absolute Gasteiger partial charge is 0.353 e. The number of imidazole rings is 1. The third kappa shape index (κ3) is 3.91. The highest BCUT2D eigenvalue weighted by atomic mass is 127. The number of aromatic nitrogens is 3. The molecule has 2 aromatic heterocycles. The minimum absolute atomic E-state index is 0.0517. The van der Waals surface area contributed by atoms with Crippen LogP contribution in [0.1, 0.15) is 36.6 Å². The Balaban J connectivity index is 1.80. The maximum atomic E-state index is 13.4. The van der Waals surface area contributed by atoms with Crippen LogP contribution in [-0.2, 0) is 0 Å². The second-order valence-electron chi connectivity index (χ2n) is 6.21. The quantitative estimate of drug-likeness (QED) is 0.157. The second-order valence-corrected chi connectivity index (χ2v) is 9.51. The first-order valence-corrected chi connectivity index (χ1v) is 13.9. The van der Waals surface area contributed by atoms with Gasteiger partial charge in [0.2, 0.25) is 0 Å². The molecule has 4 rings (SSSR count). The monoisotopic (exact) mass is 538 g/mol. The molecule has 1 aliphatic carbocycles. The van der Waals surface area contributed by atoms with E-state index in [0.29, 0.717) is 22.8 Å². The van der Waals surface area contributed by atoms with E-state index in [2.05, 4.69) is 27.4 Å². The minimum atomic E-state index is -2.67.